The molecule has 0 bridgehead atoms. The Bertz CT molecular complexity index is 643. The minimum atomic E-state index is 0.795. The van der Waals surface area contributed by atoms with E-state index in [9.17, 15) is 0 Å². The number of benzene rings is 1. The molecule has 0 amide bonds. The van der Waals surface area contributed by atoms with Crippen LogP contribution in [-0.4, -0.2) is 9.97 Å². The van der Waals surface area contributed by atoms with Crippen molar-refractivity contribution in [1.82, 2.24) is 9.97 Å². The first-order valence-corrected chi connectivity index (χ1v) is 6.80. The molecule has 1 aliphatic rings. The van der Waals surface area contributed by atoms with Crippen LogP contribution in [0.1, 0.15) is 34.6 Å². The first kappa shape index (κ1) is 11.6. The fraction of sp³-hybridized carbons (Fsp3) is 0.333. The van der Waals surface area contributed by atoms with Gasteiger partial charge in [0.2, 0.25) is 0 Å². The van der Waals surface area contributed by atoms with E-state index >= 15 is 0 Å². The van der Waals surface area contributed by atoms with Crippen molar-refractivity contribution in [3.05, 3.63) is 57.1 Å². The SMILES string of the molecule is Cc1cccc(Cc2nc(=S)c3c([nH]2)CCC3)c1. The molecule has 2 aromatic rings. The van der Waals surface area contributed by atoms with E-state index in [0.29, 0.717) is 0 Å². The normalized spacial score (nSPS) is 13.6. The summed E-state index contributed by atoms with van der Waals surface area (Å²) in [7, 11) is 0. The van der Waals surface area contributed by atoms with Gasteiger partial charge in [-0.15, -0.1) is 0 Å². The first-order chi connectivity index (χ1) is 8.72. The molecule has 1 aromatic heterocycles. The van der Waals surface area contributed by atoms with Gasteiger partial charge in [0.1, 0.15) is 10.5 Å². The Labute approximate surface area is 112 Å². The molecule has 0 atom stereocenters. The number of aryl methyl sites for hydroxylation is 2. The number of aromatic amines is 1. The van der Waals surface area contributed by atoms with Gasteiger partial charge in [-0.25, -0.2) is 4.98 Å². The highest BCUT2D eigenvalue weighted by Crippen LogP contribution is 2.21. The van der Waals surface area contributed by atoms with Gasteiger partial charge in [0.25, 0.3) is 0 Å². The standard InChI is InChI=1S/C15H16N2S/c1-10-4-2-5-11(8-10)9-14-16-13-7-3-6-12(13)15(18)17-14/h2,4-5,8H,3,6-7,9H2,1H3,(H,16,17,18). The second-order valence-electron chi connectivity index (χ2n) is 4.97. The number of nitrogens with zero attached hydrogens (tertiary/aromatic N) is 1. The Morgan fingerprint density at radius 1 is 1.33 bits per heavy atom. The zero-order chi connectivity index (χ0) is 12.5. The van der Waals surface area contributed by atoms with E-state index in [2.05, 4.69) is 41.2 Å². The summed E-state index contributed by atoms with van der Waals surface area (Å²) in [6.07, 6.45) is 4.23. The predicted octanol–water partition coefficient (Wildman–Crippen LogP) is 3.53. The third-order valence-electron chi connectivity index (χ3n) is 3.46. The van der Waals surface area contributed by atoms with E-state index in [0.717, 1.165) is 29.7 Å². The van der Waals surface area contributed by atoms with Crippen LogP contribution in [0.2, 0.25) is 0 Å². The van der Waals surface area contributed by atoms with Crippen molar-refractivity contribution in [2.45, 2.75) is 32.6 Å². The number of hydrogen-bond acceptors (Lipinski definition) is 2. The van der Waals surface area contributed by atoms with Crippen LogP contribution >= 0.6 is 12.2 Å². The van der Waals surface area contributed by atoms with E-state index in [4.69, 9.17) is 12.2 Å². The molecule has 3 heteroatoms. The number of rotatable bonds is 2. The lowest BCUT2D eigenvalue weighted by Gasteiger charge is -2.06. The summed E-state index contributed by atoms with van der Waals surface area (Å²) in [5.74, 6) is 0.992. The molecule has 0 spiro atoms. The molecule has 92 valence electrons. The molecule has 1 aromatic carbocycles. The van der Waals surface area contributed by atoms with Gasteiger partial charge in [-0.3, -0.25) is 0 Å². The number of aromatic nitrogens is 2. The molecule has 1 N–H and O–H groups in total. The van der Waals surface area contributed by atoms with E-state index in [-0.39, 0.29) is 0 Å². The summed E-state index contributed by atoms with van der Waals surface area (Å²) >= 11 is 5.38. The Balaban J connectivity index is 1.94. The van der Waals surface area contributed by atoms with Crippen LogP contribution in [0.4, 0.5) is 0 Å². The van der Waals surface area contributed by atoms with Crippen molar-refractivity contribution in [3.63, 3.8) is 0 Å². The van der Waals surface area contributed by atoms with Crippen molar-refractivity contribution in [2.75, 3.05) is 0 Å². The van der Waals surface area contributed by atoms with E-state index in [1.54, 1.807) is 0 Å². The van der Waals surface area contributed by atoms with Crippen molar-refractivity contribution in [2.24, 2.45) is 0 Å². The molecule has 1 heterocycles. The Hall–Kier alpha value is -1.48. The largest absolute Gasteiger partial charge is 0.347 e. The molecule has 3 rings (SSSR count). The smallest absolute Gasteiger partial charge is 0.133 e. The zero-order valence-electron chi connectivity index (χ0n) is 10.5. The average Bonchev–Trinajstić information content (AvgIpc) is 2.77. The molecule has 0 radical (unpaired) electrons. The maximum atomic E-state index is 5.38. The van der Waals surface area contributed by atoms with Crippen LogP contribution in [0.15, 0.2) is 24.3 Å². The highest BCUT2D eigenvalue weighted by atomic mass is 32.1. The maximum Gasteiger partial charge on any atom is 0.133 e. The van der Waals surface area contributed by atoms with Gasteiger partial charge in [0, 0.05) is 17.7 Å². The van der Waals surface area contributed by atoms with E-state index in [1.807, 2.05) is 0 Å². The molecule has 1 aliphatic carbocycles. The third kappa shape index (κ3) is 2.23. The number of fused-ring (bicyclic) bond motifs is 1. The van der Waals surface area contributed by atoms with Crippen LogP contribution in [-0.2, 0) is 19.3 Å². The molecule has 18 heavy (non-hydrogen) atoms. The van der Waals surface area contributed by atoms with Crippen molar-refractivity contribution >= 4 is 12.2 Å². The lowest BCUT2D eigenvalue weighted by Crippen LogP contribution is -2.02. The Kier molecular flexibility index (Phi) is 3.00. The number of nitrogens with one attached hydrogen (secondary N) is 1. The summed E-state index contributed by atoms with van der Waals surface area (Å²) in [4.78, 5) is 7.98. The van der Waals surface area contributed by atoms with Crippen LogP contribution in [0.3, 0.4) is 0 Å². The predicted molar refractivity (Wildman–Crippen MR) is 75.4 cm³/mol. The van der Waals surface area contributed by atoms with Crippen LogP contribution in [0, 0.1) is 11.6 Å². The summed E-state index contributed by atoms with van der Waals surface area (Å²) in [6, 6.07) is 8.54. The fourth-order valence-electron chi connectivity index (χ4n) is 2.61. The van der Waals surface area contributed by atoms with Crippen LogP contribution in [0.25, 0.3) is 0 Å². The summed E-state index contributed by atoms with van der Waals surface area (Å²) in [5, 5.41) is 0. The Morgan fingerprint density at radius 2 is 2.22 bits per heavy atom. The Morgan fingerprint density at radius 3 is 3.06 bits per heavy atom. The third-order valence-corrected chi connectivity index (χ3v) is 3.80. The van der Waals surface area contributed by atoms with Crippen molar-refractivity contribution in [1.29, 1.82) is 0 Å². The van der Waals surface area contributed by atoms with Crippen LogP contribution < -0.4 is 0 Å². The molecular formula is C15H16N2S. The molecule has 0 saturated carbocycles. The summed E-state index contributed by atoms with van der Waals surface area (Å²) in [5.41, 5.74) is 5.13. The van der Waals surface area contributed by atoms with Crippen molar-refractivity contribution in [3.8, 4) is 0 Å². The van der Waals surface area contributed by atoms with E-state index < -0.39 is 0 Å². The first-order valence-electron chi connectivity index (χ1n) is 6.39. The second-order valence-corrected chi connectivity index (χ2v) is 5.35. The molecule has 2 nitrogen and oxygen atoms in total. The minimum Gasteiger partial charge on any atom is -0.347 e. The van der Waals surface area contributed by atoms with E-state index in [1.165, 1.54) is 28.8 Å². The van der Waals surface area contributed by atoms with Crippen molar-refractivity contribution < 1.29 is 0 Å². The maximum absolute atomic E-state index is 5.38. The lowest BCUT2D eigenvalue weighted by molar-refractivity contribution is 0.884. The zero-order valence-corrected chi connectivity index (χ0v) is 11.3. The van der Waals surface area contributed by atoms with Gasteiger partial charge in [0.05, 0.1) is 0 Å². The van der Waals surface area contributed by atoms with Gasteiger partial charge in [-0.1, -0.05) is 42.0 Å². The summed E-state index contributed by atoms with van der Waals surface area (Å²) in [6.45, 7) is 2.11. The molecular weight excluding hydrogens is 240 g/mol. The monoisotopic (exact) mass is 256 g/mol. The minimum absolute atomic E-state index is 0.795. The number of H-pyrrole nitrogens is 1. The quantitative estimate of drug-likeness (QED) is 0.833. The molecule has 0 fully saturated rings. The van der Waals surface area contributed by atoms with Gasteiger partial charge in [-0.05, 0) is 31.7 Å². The van der Waals surface area contributed by atoms with Gasteiger partial charge >= 0.3 is 0 Å². The fourth-order valence-corrected chi connectivity index (χ4v) is 2.94. The molecule has 0 aliphatic heterocycles. The topological polar surface area (TPSA) is 28.7 Å². The highest BCUT2D eigenvalue weighted by molar-refractivity contribution is 7.71. The van der Waals surface area contributed by atoms with Gasteiger partial charge < -0.3 is 4.98 Å². The summed E-state index contributed by atoms with van der Waals surface area (Å²) < 4.78 is 0.795. The number of hydrogen-bond donors (Lipinski definition) is 1. The lowest BCUT2D eigenvalue weighted by atomic mass is 10.1. The van der Waals surface area contributed by atoms with Gasteiger partial charge in [0.15, 0.2) is 0 Å². The molecule has 0 saturated heterocycles. The average molecular weight is 256 g/mol. The highest BCUT2D eigenvalue weighted by Gasteiger charge is 2.14. The van der Waals surface area contributed by atoms with Gasteiger partial charge in [-0.2, -0.15) is 0 Å². The molecule has 0 unspecified atom stereocenters. The second kappa shape index (κ2) is 4.65. The van der Waals surface area contributed by atoms with Crippen LogP contribution in [0.5, 0.6) is 0 Å².